The van der Waals surface area contributed by atoms with Gasteiger partial charge in [0.2, 0.25) is 0 Å². The van der Waals surface area contributed by atoms with Gasteiger partial charge >= 0.3 is 0 Å². The molecule has 3 aromatic rings. The van der Waals surface area contributed by atoms with Gasteiger partial charge in [-0.15, -0.1) is 0 Å². The van der Waals surface area contributed by atoms with Crippen molar-refractivity contribution in [2.75, 3.05) is 26.3 Å². The zero-order valence-corrected chi connectivity index (χ0v) is 20.5. The third kappa shape index (κ3) is 4.44. The van der Waals surface area contributed by atoms with E-state index >= 15 is 0 Å². The average molecular weight is 468 g/mol. The summed E-state index contributed by atoms with van der Waals surface area (Å²) in [6, 6.07) is 27.9. The van der Waals surface area contributed by atoms with Crippen LogP contribution in [-0.2, 0) is 4.74 Å². The lowest BCUT2D eigenvalue weighted by Gasteiger charge is -2.54. The number of Topliss-reactive ketones (excluding diaryl/α,β-unsaturated/α-hetero) is 1. The van der Waals surface area contributed by atoms with Gasteiger partial charge in [-0.05, 0) is 47.7 Å². The minimum Gasteiger partial charge on any atom is -0.457 e. The Morgan fingerprint density at radius 3 is 2.26 bits per heavy atom. The molecule has 0 N–H and O–H groups in total. The highest BCUT2D eigenvalue weighted by Crippen LogP contribution is 2.48. The van der Waals surface area contributed by atoms with Crippen LogP contribution < -0.4 is 4.74 Å². The number of nitrogens with zero attached hydrogens (tertiary/aromatic N) is 1. The van der Waals surface area contributed by atoms with Crippen molar-refractivity contribution in [2.45, 2.75) is 25.8 Å². The van der Waals surface area contributed by atoms with Crippen LogP contribution in [0.2, 0.25) is 0 Å². The van der Waals surface area contributed by atoms with Gasteiger partial charge in [-0.25, -0.2) is 0 Å². The molecule has 0 spiro atoms. The topological polar surface area (TPSA) is 38.8 Å². The van der Waals surface area contributed by atoms with Crippen LogP contribution >= 0.6 is 0 Å². The van der Waals surface area contributed by atoms with Crippen molar-refractivity contribution in [3.05, 3.63) is 102 Å². The van der Waals surface area contributed by atoms with E-state index in [-0.39, 0.29) is 17.6 Å². The Hall–Kier alpha value is -3.21. The summed E-state index contributed by atoms with van der Waals surface area (Å²) < 4.78 is 11.8. The summed E-state index contributed by atoms with van der Waals surface area (Å²) in [7, 11) is 0. The summed E-state index contributed by atoms with van der Waals surface area (Å²) in [4.78, 5) is 17.1. The predicted octanol–water partition coefficient (Wildman–Crippen LogP) is 6.49. The molecule has 4 heteroatoms. The summed E-state index contributed by atoms with van der Waals surface area (Å²) in [6.07, 6.45) is 3.20. The summed E-state index contributed by atoms with van der Waals surface area (Å²) in [6.45, 7) is 7.26. The Morgan fingerprint density at radius 2 is 1.54 bits per heavy atom. The van der Waals surface area contributed by atoms with Crippen LogP contribution in [0.25, 0.3) is 5.57 Å². The lowest BCUT2D eigenvalue weighted by atomic mass is 9.61. The lowest BCUT2D eigenvalue weighted by molar-refractivity contribution is -0.0456. The normalized spacial score (nSPS) is 25.0. The number of para-hydroxylation sites is 1. The van der Waals surface area contributed by atoms with Gasteiger partial charge in [-0.2, -0.15) is 0 Å². The molecule has 2 aliphatic rings. The van der Waals surface area contributed by atoms with Crippen LogP contribution in [0.15, 0.2) is 91.0 Å². The maximum atomic E-state index is 14.7. The molecule has 1 fully saturated rings. The Kier molecular flexibility index (Phi) is 6.85. The molecule has 1 aliphatic carbocycles. The van der Waals surface area contributed by atoms with Crippen LogP contribution in [-0.4, -0.2) is 42.5 Å². The molecule has 0 radical (unpaired) electrons. The second kappa shape index (κ2) is 10.2. The number of allylic oxidation sites excluding steroid dienone is 1. The van der Waals surface area contributed by atoms with Gasteiger partial charge in [0, 0.05) is 24.6 Å². The van der Waals surface area contributed by atoms with Crippen molar-refractivity contribution >= 4 is 11.4 Å². The van der Waals surface area contributed by atoms with Gasteiger partial charge in [0.15, 0.2) is 5.78 Å². The molecular formula is C31H33NO3. The van der Waals surface area contributed by atoms with Crippen LogP contribution in [0.1, 0.15) is 36.2 Å². The van der Waals surface area contributed by atoms with Crippen molar-refractivity contribution in [3.63, 3.8) is 0 Å². The summed E-state index contributed by atoms with van der Waals surface area (Å²) in [5, 5.41) is 0. The Balaban J connectivity index is 1.56. The Morgan fingerprint density at radius 1 is 0.886 bits per heavy atom. The van der Waals surface area contributed by atoms with E-state index in [4.69, 9.17) is 9.47 Å². The van der Waals surface area contributed by atoms with Gasteiger partial charge in [0.25, 0.3) is 0 Å². The van der Waals surface area contributed by atoms with E-state index in [2.05, 4.69) is 49.1 Å². The first-order chi connectivity index (χ1) is 17.1. The number of hydrogen-bond donors (Lipinski definition) is 0. The van der Waals surface area contributed by atoms with E-state index in [0.29, 0.717) is 24.5 Å². The van der Waals surface area contributed by atoms with E-state index in [1.165, 1.54) is 11.1 Å². The largest absolute Gasteiger partial charge is 0.457 e. The minimum absolute atomic E-state index is 0.0259. The number of ether oxygens (including phenoxy) is 2. The molecule has 3 aromatic carbocycles. The van der Waals surface area contributed by atoms with E-state index in [1.807, 2.05) is 60.7 Å². The first-order valence-corrected chi connectivity index (χ1v) is 12.6. The molecule has 0 amide bonds. The summed E-state index contributed by atoms with van der Waals surface area (Å²) in [5.41, 5.74) is 2.48. The molecule has 35 heavy (non-hydrogen) atoms. The molecule has 1 aliphatic heterocycles. The maximum absolute atomic E-state index is 14.7. The van der Waals surface area contributed by atoms with Gasteiger partial charge in [-0.1, -0.05) is 80.6 Å². The summed E-state index contributed by atoms with van der Waals surface area (Å²) in [5.74, 6) is 1.79. The number of benzene rings is 3. The SMILES string of the molecule is CC1CC=C(c2ccccc2)C(C)C1(C(=O)c1cccc(Oc2ccccc2)c1)N1CCOCC1. The molecule has 4 nitrogen and oxygen atoms in total. The predicted molar refractivity (Wildman–Crippen MR) is 140 cm³/mol. The van der Waals surface area contributed by atoms with Crippen molar-refractivity contribution in [3.8, 4) is 11.5 Å². The molecule has 1 saturated heterocycles. The lowest BCUT2D eigenvalue weighted by Crippen LogP contribution is -2.66. The number of hydrogen-bond acceptors (Lipinski definition) is 4. The van der Waals surface area contributed by atoms with Crippen LogP contribution in [0.5, 0.6) is 11.5 Å². The fourth-order valence-electron chi connectivity index (χ4n) is 5.96. The Labute approximate surface area is 208 Å². The zero-order valence-electron chi connectivity index (χ0n) is 20.5. The van der Waals surface area contributed by atoms with Gasteiger partial charge in [0.05, 0.1) is 18.8 Å². The molecule has 5 rings (SSSR count). The highest BCUT2D eigenvalue weighted by atomic mass is 16.5. The molecular weight excluding hydrogens is 434 g/mol. The highest BCUT2D eigenvalue weighted by molar-refractivity contribution is 6.05. The second-order valence-electron chi connectivity index (χ2n) is 9.58. The van der Waals surface area contributed by atoms with Crippen molar-refractivity contribution in [1.29, 1.82) is 0 Å². The molecule has 1 heterocycles. The van der Waals surface area contributed by atoms with Crippen molar-refractivity contribution in [1.82, 2.24) is 4.90 Å². The molecule has 0 bridgehead atoms. The maximum Gasteiger partial charge on any atom is 0.184 e. The first-order valence-electron chi connectivity index (χ1n) is 12.6. The van der Waals surface area contributed by atoms with E-state index in [1.54, 1.807) is 0 Å². The molecule has 180 valence electrons. The van der Waals surface area contributed by atoms with Crippen LogP contribution in [0.3, 0.4) is 0 Å². The Bertz CT molecular complexity index is 1180. The van der Waals surface area contributed by atoms with E-state index in [9.17, 15) is 4.79 Å². The van der Waals surface area contributed by atoms with Gasteiger partial charge in [0.1, 0.15) is 11.5 Å². The number of rotatable bonds is 6. The average Bonchev–Trinajstić information content (AvgIpc) is 2.91. The van der Waals surface area contributed by atoms with E-state index in [0.717, 1.165) is 25.3 Å². The van der Waals surface area contributed by atoms with Crippen LogP contribution in [0.4, 0.5) is 0 Å². The second-order valence-corrected chi connectivity index (χ2v) is 9.58. The van der Waals surface area contributed by atoms with Gasteiger partial charge in [-0.3, -0.25) is 9.69 Å². The zero-order chi connectivity index (χ0) is 24.3. The van der Waals surface area contributed by atoms with Crippen LogP contribution in [0, 0.1) is 11.8 Å². The standard InChI is InChI=1S/C31H33NO3/c1-23-16-17-29(25-10-5-3-6-11-25)24(2)31(23,32-18-20-34-21-19-32)30(33)26-12-9-15-28(22-26)35-27-13-7-4-8-14-27/h3-15,17,22-24H,16,18-21H2,1-2H3. The van der Waals surface area contributed by atoms with Gasteiger partial charge < -0.3 is 9.47 Å². The third-order valence-corrected chi connectivity index (χ3v) is 7.65. The number of carbonyl (C=O) groups excluding carboxylic acids is 1. The smallest absolute Gasteiger partial charge is 0.184 e. The van der Waals surface area contributed by atoms with E-state index < -0.39 is 5.54 Å². The first kappa shape index (κ1) is 23.5. The van der Waals surface area contributed by atoms with Crippen molar-refractivity contribution in [2.24, 2.45) is 11.8 Å². The monoisotopic (exact) mass is 467 g/mol. The third-order valence-electron chi connectivity index (χ3n) is 7.65. The summed E-state index contributed by atoms with van der Waals surface area (Å²) >= 11 is 0. The molecule has 0 aromatic heterocycles. The number of morpholine rings is 1. The fraction of sp³-hybridized carbons (Fsp3) is 0.323. The molecule has 3 unspecified atom stereocenters. The quantitative estimate of drug-likeness (QED) is 0.388. The molecule has 0 saturated carbocycles. The minimum atomic E-state index is -0.658. The molecule has 3 atom stereocenters. The van der Waals surface area contributed by atoms with Crippen molar-refractivity contribution < 1.29 is 14.3 Å². The fourth-order valence-corrected chi connectivity index (χ4v) is 5.96. The number of carbonyl (C=O) groups is 1. The highest BCUT2D eigenvalue weighted by Gasteiger charge is 2.54. The number of ketones is 1.